The number of pyridine rings is 1. The van der Waals surface area contributed by atoms with E-state index in [1.54, 1.807) is 23.7 Å². The van der Waals surface area contributed by atoms with E-state index in [0.29, 0.717) is 11.7 Å². The van der Waals surface area contributed by atoms with E-state index in [4.69, 9.17) is 4.52 Å². The Morgan fingerprint density at radius 1 is 1.35 bits per heavy atom. The molecule has 23 heavy (non-hydrogen) atoms. The lowest BCUT2D eigenvalue weighted by atomic mass is 10.2. The molecular weight excluding hydrogens is 310 g/mol. The van der Waals surface area contributed by atoms with Crippen LogP contribution in [-0.4, -0.2) is 32.1 Å². The van der Waals surface area contributed by atoms with Gasteiger partial charge in [0.25, 0.3) is 0 Å². The van der Waals surface area contributed by atoms with Crippen molar-refractivity contribution in [3.63, 3.8) is 0 Å². The van der Waals surface area contributed by atoms with Gasteiger partial charge in [-0.15, -0.1) is 11.3 Å². The summed E-state index contributed by atoms with van der Waals surface area (Å²) in [6, 6.07) is 3.80. The standard InChI is InChI=1S/C16H19N5OS/c1-4-14-18-9-13(23-14)10-21(3)11(2)16-19-15(20-22-16)12-6-5-7-17-8-12/h5-9,11H,4,10H2,1-3H3. The molecule has 0 amide bonds. The first-order valence-electron chi connectivity index (χ1n) is 7.55. The van der Waals surface area contributed by atoms with Crippen LogP contribution in [0.15, 0.2) is 35.2 Å². The van der Waals surface area contributed by atoms with Gasteiger partial charge in [-0.25, -0.2) is 4.98 Å². The minimum Gasteiger partial charge on any atom is -0.337 e. The van der Waals surface area contributed by atoms with E-state index in [2.05, 4.69) is 38.9 Å². The zero-order chi connectivity index (χ0) is 16.2. The summed E-state index contributed by atoms with van der Waals surface area (Å²) in [5, 5.41) is 5.22. The van der Waals surface area contributed by atoms with Crippen molar-refractivity contribution in [1.82, 2.24) is 25.0 Å². The Hall–Kier alpha value is -2.12. The first-order chi connectivity index (χ1) is 11.2. The number of aromatic nitrogens is 4. The predicted molar refractivity (Wildman–Crippen MR) is 88.9 cm³/mol. The van der Waals surface area contributed by atoms with Crippen LogP contribution in [0.1, 0.15) is 35.7 Å². The van der Waals surface area contributed by atoms with Gasteiger partial charge in [0, 0.05) is 35.6 Å². The maximum atomic E-state index is 5.42. The van der Waals surface area contributed by atoms with Crippen molar-refractivity contribution >= 4 is 11.3 Å². The van der Waals surface area contributed by atoms with E-state index in [1.807, 2.05) is 25.4 Å². The molecule has 3 aromatic rings. The van der Waals surface area contributed by atoms with Gasteiger partial charge in [0.05, 0.1) is 11.0 Å². The molecule has 3 rings (SSSR count). The van der Waals surface area contributed by atoms with Gasteiger partial charge in [-0.05, 0) is 32.5 Å². The maximum absolute atomic E-state index is 5.42. The van der Waals surface area contributed by atoms with Crippen molar-refractivity contribution in [2.24, 2.45) is 0 Å². The number of rotatable bonds is 6. The van der Waals surface area contributed by atoms with E-state index < -0.39 is 0 Å². The van der Waals surface area contributed by atoms with Crippen LogP contribution in [0.5, 0.6) is 0 Å². The van der Waals surface area contributed by atoms with Gasteiger partial charge in [-0.3, -0.25) is 9.88 Å². The molecule has 120 valence electrons. The Kier molecular flexibility index (Phi) is 4.78. The molecule has 0 aliphatic rings. The molecule has 7 heteroatoms. The second-order valence-electron chi connectivity index (χ2n) is 5.36. The topological polar surface area (TPSA) is 67.9 Å². The monoisotopic (exact) mass is 329 g/mol. The van der Waals surface area contributed by atoms with Crippen LogP contribution in [-0.2, 0) is 13.0 Å². The summed E-state index contributed by atoms with van der Waals surface area (Å²) >= 11 is 1.75. The first-order valence-corrected chi connectivity index (χ1v) is 8.37. The normalized spacial score (nSPS) is 12.7. The van der Waals surface area contributed by atoms with Crippen LogP contribution in [0.2, 0.25) is 0 Å². The zero-order valence-electron chi connectivity index (χ0n) is 13.4. The fraction of sp³-hybridized carbons (Fsp3) is 0.375. The summed E-state index contributed by atoms with van der Waals surface area (Å²) in [6.45, 7) is 4.99. The number of hydrogen-bond acceptors (Lipinski definition) is 7. The minimum absolute atomic E-state index is 0.0279. The Morgan fingerprint density at radius 2 is 2.22 bits per heavy atom. The van der Waals surface area contributed by atoms with Crippen molar-refractivity contribution in [2.75, 3.05) is 7.05 Å². The summed E-state index contributed by atoms with van der Waals surface area (Å²) in [5.74, 6) is 1.17. The smallest absolute Gasteiger partial charge is 0.244 e. The summed E-state index contributed by atoms with van der Waals surface area (Å²) in [7, 11) is 2.05. The second kappa shape index (κ2) is 6.97. The van der Waals surface area contributed by atoms with Gasteiger partial charge in [-0.2, -0.15) is 4.98 Å². The summed E-state index contributed by atoms with van der Waals surface area (Å²) in [5.41, 5.74) is 0.854. The van der Waals surface area contributed by atoms with E-state index in [0.717, 1.165) is 23.5 Å². The highest BCUT2D eigenvalue weighted by Crippen LogP contribution is 2.24. The summed E-state index contributed by atoms with van der Waals surface area (Å²) in [6.07, 6.45) is 6.37. The number of aryl methyl sites for hydroxylation is 1. The Balaban J connectivity index is 1.70. The number of thiazole rings is 1. The lowest BCUT2D eigenvalue weighted by molar-refractivity contribution is 0.204. The molecule has 0 aliphatic carbocycles. The third kappa shape index (κ3) is 3.62. The molecule has 6 nitrogen and oxygen atoms in total. The molecule has 3 heterocycles. The SMILES string of the molecule is CCc1ncc(CN(C)C(C)c2nc(-c3cccnc3)no2)s1. The van der Waals surface area contributed by atoms with Crippen LogP contribution in [0.25, 0.3) is 11.4 Å². The van der Waals surface area contributed by atoms with Gasteiger partial charge in [-0.1, -0.05) is 12.1 Å². The molecule has 0 saturated carbocycles. The average molecular weight is 329 g/mol. The van der Waals surface area contributed by atoms with E-state index in [9.17, 15) is 0 Å². The molecular formula is C16H19N5OS. The zero-order valence-corrected chi connectivity index (χ0v) is 14.2. The van der Waals surface area contributed by atoms with E-state index in [-0.39, 0.29) is 6.04 Å². The van der Waals surface area contributed by atoms with Gasteiger partial charge >= 0.3 is 0 Å². The summed E-state index contributed by atoms with van der Waals surface area (Å²) < 4.78 is 5.42. The predicted octanol–water partition coefficient (Wildman–Crippen LogP) is 3.34. The molecule has 3 aromatic heterocycles. The van der Waals surface area contributed by atoms with Crippen LogP contribution in [0.3, 0.4) is 0 Å². The Bertz CT molecular complexity index is 755. The molecule has 0 saturated heterocycles. The average Bonchev–Trinajstić information content (AvgIpc) is 3.24. The Morgan fingerprint density at radius 3 is 2.91 bits per heavy atom. The fourth-order valence-electron chi connectivity index (χ4n) is 2.17. The first kappa shape index (κ1) is 15.8. The fourth-order valence-corrected chi connectivity index (χ4v) is 3.10. The highest BCUT2D eigenvalue weighted by atomic mass is 32.1. The number of nitrogens with zero attached hydrogens (tertiary/aromatic N) is 5. The van der Waals surface area contributed by atoms with Gasteiger partial charge in [0.1, 0.15) is 0 Å². The van der Waals surface area contributed by atoms with E-state index in [1.165, 1.54) is 4.88 Å². The maximum Gasteiger partial charge on any atom is 0.244 e. The molecule has 0 spiro atoms. The third-order valence-electron chi connectivity index (χ3n) is 3.69. The molecule has 0 radical (unpaired) electrons. The molecule has 0 aromatic carbocycles. The highest BCUT2D eigenvalue weighted by Gasteiger charge is 2.20. The molecule has 0 N–H and O–H groups in total. The molecule has 0 bridgehead atoms. The highest BCUT2D eigenvalue weighted by molar-refractivity contribution is 7.11. The molecule has 1 atom stereocenters. The lowest BCUT2D eigenvalue weighted by Crippen LogP contribution is -2.21. The van der Waals surface area contributed by atoms with Crippen LogP contribution < -0.4 is 0 Å². The van der Waals surface area contributed by atoms with Gasteiger partial charge in [0.15, 0.2) is 0 Å². The van der Waals surface area contributed by atoms with Gasteiger partial charge in [0.2, 0.25) is 11.7 Å². The molecule has 0 fully saturated rings. The van der Waals surface area contributed by atoms with Crippen molar-refractivity contribution < 1.29 is 4.52 Å². The van der Waals surface area contributed by atoms with E-state index >= 15 is 0 Å². The largest absolute Gasteiger partial charge is 0.337 e. The number of hydrogen-bond donors (Lipinski definition) is 0. The quantitative estimate of drug-likeness (QED) is 0.691. The molecule has 1 unspecified atom stereocenters. The summed E-state index contributed by atoms with van der Waals surface area (Å²) in [4.78, 5) is 16.4. The second-order valence-corrected chi connectivity index (χ2v) is 6.56. The van der Waals surface area contributed by atoms with Crippen molar-refractivity contribution in [3.05, 3.63) is 46.5 Å². The van der Waals surface area contributed by atoms with Gasteiger partial charge < -0.3 is 4.52 Å². The van der Waals surface area contributed by atoms with Crippen molar-refractivity contribution in [1.29, 1.82) is 0 Å². The van der Waals surface area contributed by atoms with Crippen molar-refractivity contribution in [3.8, 4) is 11.4 Å². The van der Waals surface area contributed by atoms with Crippen LogP contribution in [0.4, 0.5) is 0 Å². The van der Waals surface area contributed by atoms with Crippen molar-refractivity contribution in [2.45, 2.75) is 32.9 Å². The van der Waals surface area contributed by atoms with Crippen LogP contribution in [0, 0.1) is 0 Å². The Labute approximate surface area is 139 Å². The lowest BCUT2D eigenvalue weighted by Gasteiger charge is -2.20. The molecule has 0 aliphatic heterocycles. The van der Waals surface area contributed by atoms with Crippen LogP contribution >= 0.6 is 11.3 Å². The minimum atomic E-state index is 0.0279. The third-order valence-corrected chi connectivity index (χ3v) is 4.82.